The summed E-state index contributed by atoms with van der Waals surface area (Å²) in [4.78, 5) is 10.5. The van der Waals surface area contributed by atoms with E-state index in [-0.39, 0.29) is 24.8 Å². The van der Waals surface area contributed by atoms with Crippen LogP contribution >= 0.6 is 0 Å². The van der Waals surface area contributed by atoms with Crippen LogP contribution in [0.25, 0.3) is 0 Å². The van der Waals surface area contributed by atoms with E-state index >= 15 is 0 Å². The fraction of sp³-hybridized carbons (Fsp3) is 0.476. The summed E-state index contributed by atoms with van der Waals surface area (Å²) in [6.45, 7) is 1.59. The minimum absolute atomic E-state index is 0.0942. The predicted molar refractivity (Wildman–Crippen MR) is 99.7 cm³/mol. The Kier molecular flexibility index (Phi) is 10.1. The molecule has 168 valence electrons. The van der Waals surface area contributed by atoms with Gasteiger partial charge in [0.15, 0.2) is 0 Å². The third kappa shape index (κ3) is 10.5. The van der Waals surface area contributed by atoms with Crippen molar-refractivity contribution in [1.29, 1.82) is 0 Å². The van der Waals surface area contributed by atoms with Crippen LogP contribution in [0.4, 0.5) is 26.3 Å². The van der Waals surface area contributed by atoms with Crippen LogP contribution in [0, 0.1) is 0 Å². The molecule has 1 aromatic rings. The van der Waals surface area contributed by atoms with Gasteiger partial charge in [-0.3, -0.25) is 0 Å². The van der Waals surface area contributed by atoms with Crippen LogP contribution in [0.3, 0.4) is 0 Å². The Morgan fingerprint density at radius 3 is 2.07 bits per heavy atom. The molecule has 0 aliphatic heterocycles. The van der Waals surface area contributed by atoms with Crippen LogP contribution in [0.5, 0.6) is 0 Å². The Morgan fingerprint density at radius 2 is 1.53 bits per heavy atom. The lowest BCUT2D eigenvalue weighted by atomic mass is 10.1. The van der Waals surface area contributed by atoms with E-state index in [1.54, 1.807) is 13.0 Å². The Labute approximate surface area is 171 Å². The quantitative estimate of drug-likeness (QED) is 0.179. The van der Waals surface area contributed by atoms with E-state index in [1.165, 1.54) is 0 Å². The maximum absolute atomic E-state index is 12.8. The van der Waals surface area contributed by atoms with Crippen molar-refractivity contribution in [2.75, 3.05) is 6.61 Å². The summed E-state index contributed by atoms with van der Waals surface area (Å²) < 4.78 is 82.1. The first kappa shape index (κ1) is 25.7. The summed E-state index contributed by atoms with van der Waals surface area (Å²) in [6, 6.07) is 1.43. The lowest BCUT2D eigenvalue weighted by molar-refractivity contribution is -0.143. The van der Waals surface area contributed by atoms with Gasteiger partial charge in [0.2, 0.25) is 0 Å². The number of aliphatic carboxylic acids is 1. The maximum atomic E-state index is 12.8. The van der Waals surface area contributed by atoms with Crippen LogP contribution < -0.4 is 0 Å². The minimum Gasteiger partial charge on any atom is -0.478 e. The SMILES string of the molecule is CC(C=CCCCCCCOCc1cc(C(F)(F)F)cc(C(F)(F)F)c1)=CC(=O)O. The molecule has 0 heterocycles. The van der Waals surface area contributed by atoms with Crippen molar-refractivity contribution in [2.45, 2.75) is 58.0 Å². The molecule has 3 nitrogen and oxygen atoms in total. The number of hydrogen-bond acceptors (Lipinski definition) is 2. The average Bonchev–Trinajstić information content (AvgIpc) is 2.61. The van der Waals surface area contributed by atoms with Crippen molar-refractivity contribution in [2.24, 2.45) is 0 Å². The molecule has 0 amide bonds. The normalized spacial score (nSPS) is 13.2. The Hall–Kier alpha value is -2.29. The monoisotopic (exact) mass is 438 g/mol. The van der Waals surface area contributed by atoms with Crippen LogP contribution in [0.15, 0.2) is 42.0 Å². The number of halogens is 6. The molecule has 0 atom stereocenters. The van der Waals surface area contributed by atoms with Gasteiger partial charge >= 0.3 is 18.3 Å². The van der Waals surface area contributed by atoms with E-state index in [2.05, 4.69) is 0 Å². The standard InChI is InChI=1S/C21H24F6O3/c1-15(10-19(28)29)8-6-4-2-3-5-7-9-30-14-16-11-17(20(22,23)24)13-18(12-16)21(25,26)27/h6,8,10-13H,2-5,7,9,14H2,1H3,(H,28,29). The van der Waals surface area contributed by atoms with E-state index in [0.717, 1.165) is 31.8 Å². The van der Waals surface area contributed by atoms with Gasteiger partial charge in [-0.05, 0) is 55.5 Å². The van der Waals surface area contributed by atoms with E-state index < -0.39 is 29.4 Å². The van der Waals surface area contributed by atoms with Crippen molar-refractivity contribution in [3.8, 4) is 0 Å². The lowest BCUT2D eigenvalue weighted by Crippen LogP contribution is -2.12. The second-order valence-electron chi connectivity index (χ2n) is 6.80. The zero-order chi connectivity index (χ0) is 22.8. The number of ether oxygens (including phenoxy) is 1. The molecule has 1 rings (SSSR count). The smallest absolute Gasteiger partial charge is 0.416 e. The first-order valence-electron chi connectivity index (χ1n) is 9.33. The van der Waals surface area contributed by atoms with Gasteiger partial charge in [-0.2, -0.15) is 26.3 Å². The largest absolute Gasteiger partial charge is 0.478 e. The van der Waals surface area contributed by atoms with Gasteiger partial charge in [-0.25, -0.2) is 4.79 Å². The van der Waals surface area contributed by atoms with Crippen LogP contribution in [-0.4, -0.2) is 17.7 Å². The number of allylic oxidation sites excluding steroid dienone is 3. The number of alkyl halides is 6. The predicted octanol–water partition coefficient (Wildman–Crippen LogP) is 6.78. The Bertz CT molecular complexity index is 716. The molecule has 0 unspecified atom stereocenters. The maximum Gasteiger partial charge on any atom is 0.416 e. The first-order valence-corrected chi connectivity index (χ1v) is 9.33. The minimum atomic E-state index is -4.87. The summed E-state index contributed by atoms with van der Waals surface area (Å²) in [6.07, 6.45) is -1.08. The highest BCUT2D eigenvalue weighted by molar-refractivity contribution is 5.81. The second kappa shape index (κ2) is 11.8. The number of hydrogen-bond donors (Lipinski definition) is 1. The molecule has 1 aromatic carbocycles. The van der Waals surface area contributed by atoms with E-state index in [4.69, 9.17) is 9.84 Å². The molecule has 1 N–H and O–H groups in total. The fourth-order valence-corrected chi connectivity index (χ4v) is 2.62. The summed E-state index contributed by atoms with van der Waals surface area (Å²) in [5, 5.41) is 8.58. The average molecular weight is 438 g/mol. The van der Waals surface area contributed by atoms with Gasteiger partial charge in [-0.1, -0.05) is 25.0 Å². The highest BCUT2D eigenvalue weighted by atomic mass is 19.4. The van der Waals surface area contributed by atoms with Crippen molar-refractivity contribution in [3.63, 3.8) is 0 Å². The topological polar surface area (TPSA) is 46.5 Å². The zero-order valence-electron chi connectivity index (χ0n) is 16.4. The molecule has 0 fully saturated rings. The van der Waals surface area contributed by atoms with Crippen molar-refractivity contribution in [3.05, 3.63) is 58.7 Å². The fourth-order valence-electron chi connectivity index (χ4n) is 2.62. The van der Waals surface area contributed by atoms with Crippen molar-refractivity contribution < 1.29 is 41.0 Å². The van der Waals surface area contributed by atoms with E-state index in [0.29, 0.717) is 24.1 Å². The number of benzene rings is 1. The summed E-state index contributed by atoms with van der Waals surface area (Å²) in [5.41, 5.74) is -2.24. The van der Waals surface area contributed by atoms with Gasteiger partial charge in [0.1, 0.15) is 0 Å². The highest BCUT2D eigenvalue weighted by Gasteiger charge is 2.36. The molecule has 0 radical (unpaired) electrons. The molecule has 0 aromatic heterocycles. The van der Waals surface area contributed by atoms with Crippen LogP contribution in [-0.2, 0) is 28.5 Å². The molecular weight excluding hydrogens is 414 g/mol. The Morgan fingerprint density at radius 1 is 0.967 bits per heavy atom. The van der Waals surface area contributed by atoms with Crippen LogP contribution in [0.1, 0.15) is 55.7 Å². The second-order valence-corrected chi connectivity index (χ2v) is 6.80. The van der Waals surface area contributed by atoms with Crippen LogP contribution in [0.2, 0.25) is 0 Å². The van der Waals surface area contributed by atoms with Crippen molar-refractivity contribution in [1.82, 2.24) is 0 Å². The summed E-state index contributed by atoms with van der Waals surface area (Å²) in [7, 11) is 0. The number of unbranched alkanes of at least 4 members (excludes halogenated alkanes) is 4. The van der Waals surface area contributed by atoms with Gasteiger partial charge in [-0.15, -0.1) is 0 Å². The van der Waals surface area contributed by atoms with Gasteiger partial charge in [0, 0.05) is 12.7 Å². The molecule has 0 bridgehead atoms. The summed E-state index contributed by atoms with van der Waals surface area (Å²) >= 11 is 0. The summed E-state index contributed by atoms with van der Waals surface area (Å²) in [5.74, 6) is -1.00. The molecule has 0 aliphatic carbocycles. The molecule has 0 spiro atoms. The molecule has 0 saturated heterocycles. The number of rotatable bonds is 11. The first-order chi connectivity index (χ1) is 13.9. The lowest BCUT2D eigenvalue weighted by Gasteiger charge is -2.14. The number of carboxylic acid groups (broad SMARTS) is 1. The molecule has 30 heavy (non-hydrogen) atoms. The third-order valence-corrected chi connectivity index (χ3v) is 4.06. The van der Waals surface area contributed by atoms with Crippen molar-refractivity contribution >= 4 is 5.97 Å². The van der Waals surface area contributed by atoms with E-state index in [9.17, 15) is 31.1 Å². The molecular formula is C21H24F6O3. The van der Waals surface area contributed by atoms with Gasteiger partial charge in [0.05, 0.1) is 17.7 Å². The Balaban J connectivity index is 2.36. The molecule has 0 saturated carbocycles. The third-order valence-electron chi connectivity index (χ3n) is 4.06. The van der Waals surface area contributed by atoms with E-state index in [1.807, 2.05) is 6.08 Å². The highest BCUT2D eigenvalue weighted by Crippen LogP contribution is 2.36. The number of carboxylic acids is 1. The van der Waals surface area contributed by atoms with Gasteiger partial charge < -0.3 is 9.84 Å². The number of carbonyl (C=O) groups is 1. The molecule has 0 aliphatic rings. The van der Waals surface area contributed by atoms with Gasteiger partial charge in [0.25, 0.3) is 0 Å². The molecule has 9 heteroatoms. The zero-order valence-corrected chi connectivity index (χ0v) is 16.4.